The maximum Gasteiger partial charge on any atom is 0.251 e. The predicted molar refractivity (Wildman–Crippen MR) is 114 cm³/mol. The number of rotatable bonds is 6. The first-order valence-corrected chi connectivity index (χ1v) is 9.74. The number of nitrogens with zero attached hydrogens (tertiary/aromatic N) is 2. The molecule has 3 aromatic rings. The summed E-state index contributed by atoms with van der Waals surface area (Å²) in [5.74, 6) is 1.67. The molecule has 1 aliphatic heterocycles. The standard InChI is InChI=1S/C23H25N3O3/c1-15(14-28-2)24-23(27)16-4-7-19(8-5-16)26-11-10-18-12-17-6-9-20(29-3)13-21(17)25-22(18)26/h4-9,12-13,15H,10-11,14H2,1-3H3,(H,24,27). The molecule has 0 spiro atoms. The van der Waals surface area contributed by atoms with E-state index >= 15 is 0 Å². The van der Waals surface area contributed by atoms with E-state index in [1.165, 1.54) is 5.56 Å². The second kappa shape index (κ2) is 8.09. The average Bonchev–Trinajstić information content (AvgIpc) is 3.14. The minimum Gasteiger partial charge on any atom is -0.497 e. The van der Waals surface area contributed by atoms with Crippen LogP contribution >= 0.6 is 0 Å². The number of hydrogen-bond donors (Lipinski definition) is 1. The molecule has 1 N–H and O–H groups in total. The van der Waals surface area contributed by atoms with Gasteiger partial charge in [0, 0.05) is 42.4 Å². The van der Waals surface area contributed by atoms with Crippen molar-refractivity contribution >= 4 is 28.3 Å². The number of fused-ring (bicyclic) bond motifs is 2. The van der Waals surface area contributed by atoms with Gasteiger partial charge in [-0.05, 0) is 61.4 Å². The van der Waals surface area contributed by atoms with E-state index in [4.69, 9.17) is 14.5 Å². The van der Waals surface area contributed by atoms with Crippen LogP contribution in [0.2, 0.25) is 0 Å². The van der Waals surface area contributed by atoms with Crippen molar-refractivity contribution in [1.82, 2.24) is 10.3 Å². The Bertz CT molecular complexity index is 1030. The Labute approximate surface area is 170 Å². The summed E-state index contributed by atoms with van der Waals surface area (Å²) in [6.45, 7) is 3.27. The van der Waals surface area contributed by atoms with E-state index in [9.17, 15) is 4.79 Å². The average molecular weight is 391 g/mol. The van der Waals surface area contributed by atoms with Crippen molar-refractivity contribution in [2.45, 2.75) is 19.4 Å². The molecule has 6 nitrogen and oxygen atoms in total. The van der Waals surface area contributed by atoms with E-state index in [0.29, 0.717) is 12.2 Å². The minimum atomic E-state index is -0.0980. The summed E-state index contributed by atoms with van der Waals surface area (Å²) in [6, 6.07) is 15.8. The number of carbonyl (C=O) groups excluding carboxylic acids is 1. The van der Waals surface area contributed by atoms with Gasteiger partial charge >= 0.3 is 0 Å². The zero-order chi connectivity index (χ0) is 20.4. The van der Waals surface area contributed by atoms with Crippen molar-refractivity contribution < 1.29 is 14.3 Å². The molecule has 0 saturated carbocycles. The zero-order valence-electron chi connectivity index (χ0n) is 16.9. The number of benzene rings is 2. The van der Waals surface area contributed by atoms with Crippen LogP contribution in [0, 0.1) is 0 Å². The highest BCUT2D eigenvalue weighted by molar-refractivity contribution is 5.95. The molecular weight excluding hydrogens is 366 g/mol. The molecule has 29 heavy (non-hydrogen) atoms. The number of nitrogens with one attached hydrogen (secondary N) is 1. The van der Waals surface area contributed by atoms with Gasteiger partial charge in [-0.25, -0.2) is 4.98 Å². The van der Waals surface area contributed by atoms with Crippen molar-refractivity contribution in [1.29, 1.82) is 0 Å². The Morgan fingerprint density at radius 2 is 1.97 bits per heavy atom. The van der Waals surface area contributed by atoms with Crippen molar-refractivity contribution in [2.24, 2.45) is 0 Å². The third kappa shape index (κ3) is 3.89. The molecule has 2 aromatic carbocycles. The SMILES string of the molecule is COCC(C)NC(=O)c1ccc(N2CCc3cc4ccc(OC)cc4nc32)cc1. The summed E-state index contributed by atoms with van der Waals surface area (Å²) >= 11 is 0. The number of ether oxygens (including phenoxy) is 2. The van der Waals surface area contributed by atoms with Crippen molar-refractivity contribution in [2.75, 3.05) is 32.3 Å². The van der Waals surface area contributed by atoms with Crippen LogP contribution < -0.4 is 15.0 Å². The van der Waals surface area contributed by atoms with Gasteiger partial charge in [-0.3, -0.25) is 4.79 Å². The van der Waals surface area contributed by atoms with Crippen LogP contribution in [0.3, 0.4) is 0 Å². The zero-order valence-corrected chi connectivity index (χ0v) is 16.9. The monoisotopic (exact) mass is 391 g/mol. The van der Waals surface area contributed by atoms with Crippen molar-refractivity contribution in [3.63, 3.8) is 0 Å². The topological polar surface area (TPSA) is 63.7 Å². The summed E-state index contributed by atoms with van der Waals surface area (Å²) in [5.41, 5.74) is 3.81. The summed E-state index contributed by atoms with van der Waals surface area (Å²) in [6.07, 6.45) is 0.946. The number of methoxy groups -OCH3 is 2. The molecule has 0 radical (unpaired) electrons. The van der Waals surface area contributed by atoms with Gasteiger partial charge in [0.15, 0.2) is 0 Å². The molecule has 2 heterocycles. The van der Waals surface area contributed by atoms with Crippen molar-refractivity contribution in [3.05, 3.63) is 59.7 Å². The Morgan fingerprint density at radius 3 is 2.69 bits per heavy atom. The van der Waals surface area contributed by atoms with Crippen molar-refractivity contribution in [3.8, 4) is 5.75 Å². The Hall–Kier alpha value is -3.12. The number of aromatic nitrogens is 1. The van der Waals surface area contributed by atoms with Gasteiger partial charge in [-0.15, -0.1) is 0 Å². The molecule has 6 heteroatoms. The molecule has 150 valence electrons. The van der Waals surface area contributed by atoms with E-state index in [2.05, 4.69) is 16.3 Å². The highest BCUT2D eigenvalue weighted by atomic mass is 16.5. The van der Waals surface area contributed by atoms with Crippen LogP contribution in [0.1, 0.15) is 22.8 Å². The molecule has 1 atom stereocenters. The van der Waals surface area contributed by atoms with Crippen LogP contribution in [-0.4, -0.2) is 44.3 Å². The number of carbonyl (C=O) groups is 1. The molecule has 1 amide bonds. The lowest BCUT2D eigenvalue weighted by Crippen LogP contribution is -2.35. The fourth-order valence-corrected chi connectivity index (χ4v) is 3.71. The van der Waals surface area contributed by atoms with Crippen LogP contribution in [0.4, 0.5) is 11.5 Å². The largest absolute Gasteiger partial charge is 0.497 e. The molecule has 0 bridgehead atoms. The fourth-order valence-electron chi connectivity index (χ4n) is 3.71. The second-order valence-electron chi connectivity index (χ2n) is 7.31. The van der Waals surface area contributed by atoms with Gasteiger partial charge in [-0.1, -0.05) is 0 Å². The Morgan fingerprint density at radius 1 is 1.17 bits per heavy atom. The van der Waals surface area contributed by atoms with Gasteiger partial charge in [-0.2, -0.15) is 0 Å². The number of pyridine rings is 1. The summed E-state index contributed by atoms with van der Waals surface area (Å²) < 4.78 is 10.4. The third-order valence-electron chi connectivity index (χ3n) is 5.18. The molecule has 1 unspecified atom stereocenters. The van der Waals surface area contributed by atoms with Gasteiger partial charge in [0.05, 0.1) is 19.2 Å². The van der Waals surface area contributed by atoms with E-state index in [0.717, 1.165) is 41.1 Å². The quantitative estimate of drug-likeness (QED) is 0.694. The molecule has 1 aromatic heterocycles. The Kier molecular flexibility index (Phi) is 5.36. The second-order valence-corrected chi connectivity index (χ2v) is 7.31. The van der Waals surface area contributed by atoms with Gasteiger partial charge in [0.1, 0.15) is 11.6 Å². The summed E-state index contributed by atoms with van der Waals surface area (Å²) in [7, 11) is 3.28. The van der Waals surface area contributed by atoms with Crippen LogP contribution in [0.5, 0.6) is 5.75 Å². The van der Waals surface area contributed by atoms with E-state index in [1.807, 2.05) is 49.4 Å². The van der Waals surface area contributed by atoms with Gasteiger partial charge in [0.25, 0.3) is 5.91 Å². The lowest BCUT2D eigenvalue weighted by molar-refractivity contribution is 0.0905. The Balaban J connectivity index is 1.57. The first-order valence-electron chi connectivity index (χ1n) is 9.74. The van der Waals surface area contributed by atoms with Crippen LogP contribution in [0.25, 0.3) is 10.9 Å². The highest BCUT2D eigenvalue weighted by Gasteiger charge is 2.23. The van der Waals surface area contributed by atoms with Crippen LogP contribution in [-0.2, 0) is 11.2 Å². The smallest absolute Gasteiger partial charge is 0.251 e. The molecule has 4 rings (SSSR count). The fraction of sp³-hybridized carbons (Fsp3) is 0.304. The predicted octanol–water partition coefficient (Wildman–Crippen LogP) is 3.70. The molecule has 0 fully saturated rings. The van der Waals surface area contributed by atoms with Gasteiger partial charge in [0.2, 0.25) is 0 Å². The number of anilines is 2. The molecule has 0 aliphatic carbocycles. The molecular formula is C23H25N3O3. The molecule has 1 aliphatic rings. The number of hydrogen-bond acceptors (Lipinski definition) is 5. The highest BCUT2D eigenvalue weighted by Crippen LogP contribution is 2.35. The maximum absolute atomic E-state index is 12.4. The maximum atomic E-state index is 12.4. The number of amides is 1. The summed E-state index contributed by atoms with van der Waals surface area (Å²) in [5, 5.41) is 4.05. The lowest BCUT2D eigenvalue weighted by atomic mass is 10.1. The van der Waals surface area contributed by atoms with E-state index in [1.54, 1.807) is 14.2 Å². The first-order chi connectivity index (χ1) is 14.1. The van der Waals surface area contributed by atoms with Gasteiger partial charge < -0.3 is 19.7 Å². The van der Waals surface area contributed by atoms with E-state index < -0.39 is 0 Å². The lowest BCUT2D eigenvalue weighted by Gasteiger charge is -2.19. The van der Waals surface area contributed by atoms with E-state index in [-0.39, 0.29) is 11.9 Å². The van der Waals surface area contributed by atoms with Crippen LogP contribution in [0.15, 0.2) is 48.5 Å². The molecule has 0 saturated heterocycles. The minimum absolute atomic E-state index is 0.0351. The summed E-state index contributed by atoms with van der Waals surface area (Å²) in [4.78, 5) is 19.5. The third-order valence-corrected chi connectivity index (χ3v) is 5.18. The first kappa shape index (κ1) is 19.2. The normalized spacial score (nSPS) is 14.0.